The Bertz CT molecular complexity index is 1270. The van der Waals surface area contributed by atoms with E-state index in [-0.39, 0.29) is 19.4 Å². The van der Waals surface area contributed by atoms with Crippen molar-refractivity contribution in [2.45, 2.75) is 288 Å². The summed E-state index contributed by atoms with van der Waals surface area (Å²) in [5.74, 6) is -8.47. The van der Waals surface area contributed by atoms with Gasteiger partial charge in [-0.2, -0.15) is 65.9 Å². The zero-order valence-electron chi connectivity index (χ0n) is 42.1. The lowest BCUT2D eigenvalue weighted by molar-refractivity contribution is -0.333. The molecule has 0 unspecified atom stereocenters. The molecule has 0 aliphatic heterocycles. The van der Waals surface area contributed by atoms with Crippen molar-refractivity contribution < 1.29 is 84.1 Å². The Kier molecular flexibility index (Phi) is 39.3. The molecule has 0 aliphatic carbocycles. The van der Waals surface area contributed by atoms with Gasteiger partial charge in [0.25, 0.3) is 0 Å². The SMILES string of the molecule is CCCCCCCCCCCCCCCCCCCCO/C(=C(/F)C(F)(C(F)(F)F)C(F)(F)F)C(F)(F)F.CCCCCCCCCCCCCCCCCCCCOC(C)=C(C(F)(F)F)C(F)(F)F. The third-order valence-electron chi connectivity index (χ3n) is 12.0. The van der Waals surface area contributed by atoms with Gasteiger partial charge in [-0.3, -0.25) is 0 Å². The maximum atomic E-state index is 13.8. The van der Waals surface area contributed by atoms with E-state index in [4.69, 9.17) is 4.74 Å². The zero-order valence-corrected chi connectivity index (χ0v) is 42.1. The Balaban J connectivity index is 0. The van der Waals surface area contributed by atoms with E-state index < -0.39 is 66.1 Å². The molecule has 19 heteroatoms. The first-order valence-corrected chi connectivity index (χ1v) is 26.1. The number of hydrogen-bond donors (Lipinski definition) is 0. The maximum absolute atomic E-state index is 13.8. The predicted octanol–water partition coefficient (Wildman–Crippen LogP) is 22.1. The summed E-state index contributed by atoms with van der Waals surface area (Å²) in [6.45, 7) is 4.03. The van der Waals surface area contributed by atoms with E-state index >= 15 is 0 Å². The van der Waals surface area contributed by atoms with Crippen LogP contribution in [0.15, 0.2) is 22.9 Å². The minimum atomic E-state index is -7.01. The summed E-state index contributed by atoms with van der Waals surface area (Å²) in [6, 6.07) is 0. The molecule has 70 heavy (non-hydrogen) atoms. The van der Waals surface area contributed by atoms with Crippen LogP contribution in [0.2, 0.25) is 0 Å². The van der Waals surface area contributed by atoms with Crippen LogP contribution >= 0.6 is 0 Å². The van der Waals surface area contributed by atoms with Crippen molar-refractivity contribution in [1.82, 2.24) is 0 Å². The second-order valence-corrected chi connectivity index (χ2v) is 18.4. The van der Waals surface area contributed by atoms with E-state index in [1.807, 2.05) is 0 Å². The smallest absolute Gasteiger partial charge is 0.451 e. The Morgan fingerprint density at radius 1 is 0.300 bits per heavy atom. The first-order chi connectivity index (χ1) is 32.7. The van der Waals surface area contributed by atoms with Crippen molar-refractivity contribution >= 4 is 0 Å². The Morgan fingerprint density at radius 2 is 0.514 bits per heavy atom. The van der Waals surface area contributed by atoms with Gasteiger partial charge in [-0.15, -0.1) is 0 Å². The van der Waals surface area contributed by atoms with Crippen LogP contribution in [0.4, 0.5) is 74.6 Å². The molecule has 0 saturated carbocycles. The number of ether oxygens (including phenoxy) is 2. The Labute approximate surface area is 408 Å². The molecule has 0 aliphatic rings. The summed E-state index contributed by atoms with van der Waals surface area (Å²) in [5, 5.41) is 0. The summed E-state index contributed by atoms with van der Waals surface area (Å²) < 4.78 is 225. The lowest BCUT2D eigenvalue weighted by Gasteiger charge is -2.29. The first kappa shape index (κ1) is 70.0. The molecule has 0 saturated heterocycles. The van der Waals surface area contributed by atoms with E-state index in [9.17, 15) is 74.6 Å². The Morgan fingerprint density at radius 3 is 0.714 bits per heavy atom. The van der Waals surface area contributed by atoms with Crippen LogP contribution in [-0.2, 0) is 9.47 Å². The fourth-order valence-corrected chi connectivity index (χ4v) is 7.87. The highest BCUT2D eigenvalue weighted by molar-refractivity contribution is 5.23. The van der Waals surface area contributed by atoms with E-state index in [0.717, 1.165) is 64.7 Å². The van der Waals surface area contributed by atoms with E-state index in [1.54, 1.807) is 0 Å². The van der Waals surface area contributed by atoms with Gasteiger partial charge in [-0.1, -0.05) is 232 Å². The molecule has 420 valence electrons. The highest BCUT2D eigenvalue weighted by Crippen LogP contribution is 2.53. The molecule has 2 nitrogen and oxygen atoms in total. The fraction of sp³-hybridized carbons (Fsp3) is 0.922. The number of halogens is 17. The quantitative estimate of drug-likeness (QED) is 0.0345. The van der Waals surface area contributed by atoms with Crippen molar-refractivity contribution in [2.75, 3.05) is 13.2 Å². The molecular formula is C51H85F17O2. The normalized spacial score (nSPS) is 13.3. The van der Waals surface area contributed by atoms with Gasteiger partial charge in [0.15, 0.2) is 5.57 Å². The number of allylic oxidation sites excluding steroid dienone is 4. The molecule has 0 fully saturated rings. The maximum Gasteiger partial charge on any atom is 0.451 e. The highest BCUT2D eigenvalue weighted by atomic mass is 19.4. The molecule has 0 radical (unpaired) electrons. The van der Waals surface area contributed by atoms with Crippen molar-refractivity contribution in [3.8, 4) is 0 Å². The third kappa shape index (κ3) is 34.3. The van der Waals surface area contributed by atoms with Crippen LogP contribution in [0.1, 0.15) is 252 Å². The lowest BCUT2D eigenvalue weighted by Crippen LogP contribution is -2.54. The third-order valence-corrected chi connectivity index (χ3v) is 12.0. The largest absolute Gasteiger partial charge is 0.498 e. The minimum Gasteiger partial charge on any atom is -0.498 e. The summed E-state index contributed by atoms with van der Waals surface area (Å²) in [6.07, 6.45) is 8.56. The van der Waals surface area contributed by atoms with E-state index in [1.165, 1.54) is 148 Å². The van der Waals surface area contributed by atoms with Crippen LogP contribution in [0.5, 0.6) is 0 Å². The fourth-order valence-electron chi connectivity index (χ4n) is 7.87. The van der Waals surface area contributed by atoms with Crippen LogP contribution < -0.4 is 0 Å². The average molecular weight is 1050 g/mol. The lowest BCUT2D eigenvalue weighted by atomic mass is 10.0. The second-order valence-electron chi connectivity index (χ2n) is 18.4. The minimum absolute atomic E-state index is 0.125. The van der Waals surface area contributed by atoms with E-state index in [0.29, 0.717) is 12.8 Å². The van der Waals surface area contributed by atoms with Crippen LogP contribution in [0.25, 0.3) is 0 Å². The summed E-state index contributed by atoms with van der Waals surface area (Å²) >= 11 is 0. The van der Waals surface area contributed by atoms with Gasteiger partial charge >= 0.3 is 36.6 Å². The van der Waals surface area contributed by atoms with Crippen molar-refractivity contribution in [3.05, 3.63) is 22.9 Å². The Hall–Kier alpha value is -2.11. The van der Waals surface area contributed by atoms with Crippen molar-refractivity contribution in [1.29, 1.82) is 0 Å². The monoisotopic (exact) mass is 1050 g/mol. The van der Waals surface area contributed by atoms with Gasteiger partial charge < -0.3 is 9.47 Å². The predicted molar refractivity (Wildman–Crippen MR) is 244 cm³/mol. The molecule has 0 atom stereocenters. The van der Waals surface area contributed by atoms with Gasteiger partial charge in [0.05, 0.1) is 13.2 Å². The van der Waals surface area contributed by atoms with Gasteiger partial charge in [-0.05, 0) is 19.8 Å². The average Bonchev–Trinajstić information content (AvgIpc) is 3.24. The van der Waals surface area contributed by atoms with Gasteiger partial charge in [0, 0.05) is 0 Å². The molecule has 0 amide bonds. The summed E-state index contributed by atoms with van der Waals surface area (Å²) in [5.41, 5.74) is -9.38. The van der Waals surface area contributed by atoms with Gasteiger partial charge in [0.1, 0.15) is 5.76 Å². The topological polar surface area (TPSA) is 18.5 Å². The zero-order chi connectivity index (χ0) is 53.6. The van der Waals surface area contributed by atoms with Crippen molar-refractivity contribution in [2.24, 2.45) is 0 Å². The standard InChI is InChI=1S/C26H41F11O.C25H44F6O/c1-2-3-4-5-6-7-8-9-10-11-12-13-14-15-16-17-18-19-20-38-22(24(29,30)31)21(27)23(28,25(32,33)34)26(35,36)37;1-3-4-5-6-7-8-9-10-11-12-13-14-15-16-17-18-19-20-21-32-22(2)23(24(26,27)28)25(29,30)31/h2-20H2,1H3;3-21H2,1-2H3/b22-21+;. The van der Waals surface area contributed by atoms with Gasteiger partial charge in [-0.25, -0.2) is 8.78 Å². The number of hydrogen-bond acceptors (Lipinski definition) is 2. The van der Waals surface area contributed by atoms with Crippen LogP contribution in [0, 0.1) is 0 Å². The molecular weight excluding hydrogens is 968 g/mol. The highest BCUT2D eigenvalue weighted by Gasteiger charge is 2.77. The second kappa shape index (κ2) is 39.4. The number of rotatable bonds is 41. The summed E-state index contributed by atoms with van der Waals surface area (Å²) in [7, 11) is 0. The summed E-state index contributed by atoms with van der Waals surface area (Å²) in [4.78, 5) is 0. The molecule has 0 spiro atoms. The molecule has 0 bridgehead atoms. The molecule has 0 aromatic rings. The molecule has 0 aromatic carbocycles. The van der Waals surface area contributed by atoms with E-state index in [2.05, 4.69) is 18.6 Å². The number of unbranched alkanes of at least 4 members (excludes halogenated alkanes) is 34. The van der Waals surface area contributed by atoms with Crippen LogP contribution in [-0.4, -0.2) is 49.8 Å². The molecule has 0 aromatic heterocycles. The van der Waals surface area contributed by atoms with Crippen LogP contribution in [0.3, 0.4) is 0 Å². The first-order valence-electron chi connectivity index (χ1n) is 26.1. The van der Waals surface area contributed by atoms with Crippen molar-refractivity contribution in [3.63, 3.8) is 0 Å². The molecule has 0 N–H and O–H groups in total. The number of alkyl halides is 16. The van der Waals surface area contributed by atoms with Gasteiger partial charge in [0.2, 0.25) is 11.6 Å². The molecule has 0 heterocycles. The molecule has 0 rings (SSSR count).